The highest BCUT2D eigenvalue weighted by atomic mass is 16.2. The van der Waals surface area contributed by atoms with Gasteiger partial charge in [-0.15, -0.1) is 0 Å². The van der Waals surface area contributed by atoms with Crippen molar-refractivity contribution in [3.8, 4) is 0 Å². The number of hydrogen-bond donors (Lipinski definition) is 0. The molecule has 1 fully saturated rings. The number of rotatable bonds is 2. The monoisotopic (exact) mass is 319 g/mol. The second-order valence-electron chi connectivity index (χ2n) is 6.52. The minimum atomic E-state index is 0.0759. The number of benzene rings is 1. The van der Waals surface area contributed by atoms with Crippen LogP contribution in [0.3, 0.4) is 0 Å². The number of carbonyl (C=O) groups is 1. The lowest BCUT2D eigenvalue weighted by Gasteiger charge is -2.33. The summed E-state index contributed by atoms with van der Waals surface area (Å²) in [5, 5.41) is 0. The Bertz CT molecular complexity index is 883. The van der Waals surface area contributed by atoms with Crippen molar-refractivity contribution in [2.75, 3.05) is 13.1 Å². The van der Waals surface area contributed by atoms with E-state index in [1.807, 2.05) is 33.7 Å². The summed E-state index contributed by atoms with van der Waals surface area (Å²) in [7, 11) is 0. The first-order valence-corrected chi connectivity index (χ1v) is 8.51. The van der Waals surface area contributed by atoms with Gasteiger partial charge >= 0.3 is 0 Å². The van der Waals surface area contributed by atoms with E-state index in [2.05, 4.69) is 36.2 Å². The van der Waals surface area contributed by atoms with E-state index < -0.39 is 0 Å². The maximum absolute atomic E-state index is 13.0. The van der Waals surface area contributed by atoms with Gasteiger partial charge in [-0.1, -0.05) is 30.3 Å². The number of piperidine rings is 1. The molecular weight excluding hydrogens is 298 g/mol. The molecule has 4 heteroatoms. The largest absolute Gasteiger partial charge is 0.337 e. The number of aromatic nitrogens is 2. The normalized spacial score (nSPS) is 18.0. The molecule has 1 aromatic carbocycles. The maximum atomic E-state index is 13.0. The quantitative estimate of drug-likeness (QED) is 0.723. The van der Waals surface area contributed by atoms with Crippen molar-refractivity contribution in [1.29, 1.82) is 0 Å². The molecule has 0 bridgehead atoms. The second-order valence-corrected chi connectivity index (χ2v) is 6.52. The van der Waals surface area contributed by atoms with Crippen molar-refractivity contribution in [3.63, 3.8) is 0 Å². The van der Waals surface area contributed by atoms with Crippen LogP contribution in [0.1, 0.15) is 40.4 Å². The molecule has 1 aliphatic rings. The topological polar surface area (TPSA) is 37.6 Å². The third-order valence-electron chi connectivity index (χ3n) is 4.97. The Labute approximate surface area is 141 Å². The van der Waals surface area contributed by atoms with Crippen molar-refractivity contribution in [2.45, 2.75) is 25.7 Å². The van der Waals surface area contributed by atoms with Crippen LogP contribution in [0.4, 0.5) is 0 Å². The molecule has 3 aromatic rings. The SMILES string of the molecule is Cc1ccccc1C1CCCN(C(=O)c2cnc3ccccn23)C1. The van der Waals surface area contributed by atoms with Gasteiger partial charge in [-0.3, -0.25) is 9.20 Å². The predicted octanol–water partition coefficient (Wildman–Crippen LogP) is 3.66. The zero-order valence-electron chi connectivity index (χ0n) is 13.9. The van der Waals surface area contributed by atoms with E-state index in [1.165, 1.54) is 11.1 Å². The molecule has 3 heterocycles. The minimum absolute atomic E-state index is 0.0759. The highest BCUT2D eigenvalue weighted by molar-refractivity contribution is 5.93. The number of likely N-dealkylation sites (tertiary alicyclic amines) is 1. The van der Waals surface area contributed by atoms with Gasteiger partial charge in [-0.25, -0.2) is 4.98 Å². The van der Waals surface area contributed by atoms with E-state index in [4.69, 9.17) is 0 Å². The summed E-state index contributed by atoms with van der Waals surface area (Å²) < 4.78 is 1.87. The van der Waals surface area contributed by atoms with Crippen LogP contribution in [0.5, 0.6) is 0 Å². The van der Waals surface area contributed by atoms with Gasteiger partial charge in [0.1, 0.15) is 11.3 Å². The molecule has 0 radical (unpaired) electrons. The predicted molar refractivity (Wildman–Crippen MR) is 94.2 cm³/mol. The van der Waals surface area contributed by atoms with Gasteiger partial charge in [-0.05, 0) is 43.0 Å². The molecule has 0 N–H and O–H groups in total. The lowest BCUT2D eigenvalue weighted by atomic mass is 9.88. The van der Waals surface area contributed by atoms with Crippen LogP contribution >= 0.6 is 0 Å². The number of pyridine rings is 1. The summed E-state index contributed by atoms with van der Waals surface area (Å²) in [5.74, 6) is 0.495. The van der Waals surface area contributed by atoms with E-state index >= 15 is 0 Å². The summed E-state index contributed by atoms with van der Waals surface area (Å²) in [5.41, 5.74) is 4.14. The first-order valence-electron chi connectivity index (χ1n) is 8.51. The number of amides is 1. The number of carbonyl (C=O) groups excluding carboxylic acids is 1. The van der Waals surface area contributed by atoms with Crippen LogP contribution in [-0.2, 0) is 0 Å². The Hall–Kier alpha value is -2.62. The summed E-state index contributed by atoms with van der Waals surface area (Å²) in [6.45, 7) is 3.76. The first kappa shape index (κ1) is 14.9. The Kier molecular flexibility index (Phi) is 3.81. The van der Waals surface area contributed by atoms with Crippen molar-refractivity contribution < 1.29 is 4.79 Å². The van der Waals surface area contributed by atoms with Gasteiger partial charge < -0.3 is 4.90 Å². The number of aryl methyl sites for hydroxylation is 1. The van der Waals surface area contributed by atoms with E-state index in [0.29, 0.717) is 11.6 Å². The van der Waals surface area contributed by atoms with E-state index in [1.54, 1.807) is 6.20 Å². The Morgan fingerprint density at radius 3 is 2.88 bits per heavy atom. The molecule has 4 rings (SSSR count). The van der Waals surface area contributed by atoms with Crippen LogP contribution in [0.15, 0.2) is 54.9 Å². The van der Waals surface area contributed by atoms with Crippen LogP contribution in [0, 0.1) is 6.92 Å². The maximum Gasteiger partial charge on any atom is 0.272 e. The molecule has 1 unspecified atom stereocenters. The highest BCUT2D eigenvalue weighted by Crippen LogP contribution is 2.29. The van der Waals surface area contributed by atoms with Gasteiger partial charge in [0.15, 0.2) is 0 Å². The van der Waals surface area contributed by atoms with E-state index in [9.17, 15) is 4.79 Å². The van der Waals surface area contributed by atoms with Gasteiger partial charge in [-0.2, -0.15) is 0 Å². The number of fused-ring (bicyclic) bond motifs is 1. The third-order valence-corrected chi connectivity index (χ3v) is 4.97. The Morgan fingerprint density at radius 1 is 1.17 bits per heavy atom. The van der Waals surface area contributed by atoms with Crippen molar-refractivity contribution >= 4 is 11.6 Å². The molecule has 1 amide bonds. The van der Waals surface area contributed by atoms with Crippen LogP contribution in [0.2, 0.25) is 0 Å². The summed E-state index contributed by atoms with van der Waals surface area (Å²) in [4.78, 5) is 19.3. The third kappa shape index (κ3) is 2.58. The number of nitrogens with zero attached hydrogens (tertiary/aromatic N) is 3. The van der Waals surface area contributed by atoms with Gasteiger partial charge in [0.05, 0.1) is 6.20 Å². The average molecular weight is 319 g/mol. The molecule has 0 saturated carbocycles. The van der Waals surface area contributed by atoms with Crippen LogP contribution < -0.4 is 0 Å². The van der Waals surface area contributed by atoms with Gasteiger partial charge in [0.2, 0.25) is 0 Å². The fourth-order valence-corrected chi connectivity index (χ4v) is 3.71. The smallest absolute Gasteiger partial charge is 0.272 e. The number of hydrogen-bond acceptors (Lipinski definition) is 2. The minimum Gasteiger partial charge on any atom is -0.337 e. The molecule has 1 atom stereocenters. The Balaban J connectivity index is 1.60. The highest BCUT2D eigenvalue weighted by Gasteiger charge is 2.27. The van der Waals surface area contributed by atoms with E-state index in [-0.39, 0.29) is 5.91 Å². The molecule has 1 saturated heterocycles. The van der Waals surface area contributed by atoms with Gasteiger partial charge in [0.25, 0.3) is 5.91 Å². The van der Waals surface area contributed by atoms with E-state index in [0.717, 1.165) is 31.6 Å². The molecular formula is C20H21N3O. The summed E-state index contributed by atoms with van der Waals surface area (Å²) >= 11 is 0. The fourth-order valence-electron chi connectivity index (χ4n) is 3.71. The Morgan fingerprint density at radius 2 is 2.00 bits per heavy atom. The standard InChI is InChI=1S/C20H21N3O/c1-15-7-2-3-9-17(15)16-8-6-11-22(14-16)20(24)18-13-21-19-10-4-5-12-23(18)19/h2-5,7,9-10,12-13,16H,6,8,11,14H2,1H3. The summed E-state index contributed by atoms with van der Waals surface area (Å²) in [6.07, 6.45) is 5.77. The molecule has 24 heavy (non-hydrogen) atoms. The number of imidazole rings is 1. The lowest BCUT2D eigenvalue weighted by Crippen LogP contribution is -2.39. The lowest BCUT2D eigenvalue weighted by molar-refractivity contribution is 0.0700. The van der Waals surface area contributed by atoms with Crippen molar-refractivity contribution in [2.24, 2.45) is 0 Å². The zero-order chi connectivity index (χ0) is 16.5. The zero-order valence-corrected chi connectivity index (χ0v) is 13.9. The van der Waals surface area contributed by atoms with Crippen LogP contribution in [0.25, 0.3) is 5.65 Å². The van der Waals surface area contributed by atoms with Crippen molar-refractivity contribution in [1.82, 2.24) is 14.3 Å². The van der Waals surface area contributed by atoms with Crippen LogP contribution in [-0.4, -0.2) is 33.3 Å². The summed E-state index contributed by atoms with van der Waals surface area (Å²) in [6, 6.07) is 14.3. The first-order chi connectivity index (χ1) is 11.7. The second kappa shape index (κ2) is 6.11. The average Bonchev–Trinajstić information content (AvgIpc) is 3.06. The van der Waals surface area contributed by atoms with Crippen molar-refractivity contribution in [3.05, 3.63) is 71.7 Å². The molecule has 1 aliphatic heterocycles. The molecule has 0 spiro atoms. The molecule has 2 aromatic heterocycles. The fraction of sp³-hybridized carbons (Fsp3) is 0.300. The van der Waals surface area contributed by atoms with Gasteiger partial charge in [0, 0.05) is 25.2 Å². The molecule has 122 valence electrons. The molecule has 4 nitrogen and oxygen atoms in total. The molecule has 0 aliphatic carbocycles.